The maximum Gasteiger partial charge on any atom is 0.0643 e. The Labute approximate surface area is 108 Å². The van der Waals surface area contributed by atoms with Crippen molar-refractivity contribution < 1.29 is 0 Å². The summed E-state index contributed by atoms with van der Waals surface area (Å²) >= 11 is 0. The van der Waals surface area contributed by atoms with Gasteiger partial charge in [0, 0.05) is 31.0 Å². The second-order valence-corrected chi connectivity index (χ2v) is 5.10. The Morgan fingerprint density at radius 3 is 2.89 bits per heavy atom. The molecule has 1 aromatic carbocycles. The van der Waals surface area contributed by atoms with Gasteiger partial charge >= 0.3 is 0 Å². The van der Waals surface area contributed by atoms with Crippen molar-refractivity contribution in [1.29, 1.82) is 0 Å². The second kappa shape index (κ2) is 4.48. The molecule has 1 N–H and O–H groups in total. The molecule has 0 aliphatic heterocycles. The molecule has 1 aromatic heterocycles. The molecule has 0 bridgehead atoms. The monoisotopic (exact) mass is 241 g/mol. The van der Waals surface area contributed by atoms with Crippen LogP contribution in [0.2, 0.25) is 0 Å². The maximum atomic E-state index is 4.36. The van der Waals surface area contributed by atoms with E-state index in [-0.39, 0.29) is 0 Å². The number of anilines is 1. The Bertz CT molecular complexity index is 569. The van der Waals surface area contributed by atoms with Gasteiger partial charge in [-0.15, -0.1) is 0 Å². The predicted octanol–water partition coefficient (Wildman–Crippen LogP) is 2.83. The lowest BCUT2D eigenvalue weighted by molar-refractivity contribution is 0.756. The lowest BCUT2D eigenvalue weighted by atomic mass is 10.1. The average molecular weight is 241 g/mol. The van der Waals surface area contributed by atoms with Crippen LogP contribution in [-0.4, -0.2) is 9.78 Å². The van der Waals surface area contributed by atoms with E-state index in [1.165, 1.54) is 41.6 Å². The summed E-state index contributed by atoms with van der Waals surface area (Å²) in [6, 6.07) is 6.75. The average Bonchev–Trinajstić information content (AvgIpc) is 2.92. The van der Waals surface area contributed by atoms with Crippen LogP contribution in [0.5, 0.6) is 0 Å². The molecule has 0 amide bonds. The number of aromatic nitrogens is 2. The van der Waals surface area contributed by atoms with E-state index in [9.17, 15) is 0 Å². The number of hydrogen-bond donors (Lipinski definition) is 1. The molecule has 1 aliphatic rings. The molecule has 2 aromatic rings. The number of benzene rings is 1. The van der Waals surface area contributed by atoms with Crippen molar-refractivity contribution in [3.8, 4) is 0 Å². The highest BCUT2D eigenvalue weighted by molar-refractivity contribution is 5.50. The molecule has 3 rings (SSSR count). The van der Waals surface area contributed by atoms with Gasteiger partial charge in [0.15, 0.2) is 0 Å². The first-order valence-corrected chi connectivity index (χ1v) is 6.57. The zero-order valence-electron chi connectivity index (χ0n) is 11.0. The summed E-state index contributed by atoms with van der Waals surface area (Å²) in [7, 11) is 1.96. The van der Waals surface area contributed by atoms with Gasteiger partial charge in [-0.05, 0) is 49.4 Å². The van der Waals surface area contributed by atoms with Crippen LogP contribution < -0.4 is 5.32 Å². The summed E-state index contributed by atoms with van der Waals surface area (Å²) in [5, 5.41) is 7.85. The summed E-state index contributed by atoms with van der Waals surface area (Å²) in [4.78, 5) is 0. The highest BCUT2D eigenvalue weighted by Gasteiger charge is 2.10. The van der Waals surface area contributed by atoms with Crippen molar-refractivity contribution in [2.45, 2.75) is 32.7 Å². The Kier molecular flexibility index (Phi) is 2.82. The molecule has 1 aliphatic carbocycles. The Hall–Kier alpha value is -1.77. The van der Waals surface area contributed by atoms with E-state index >= 15 is 0 Å². The fourth-order valence-electron chi connectivity index (χ4n) is 2.70. The van der Waals surface area contributed by atoms with Gasteiger partial charge in [-0.2, -0.15) is 5.10 Å². The van der Waals surface area contributed by atoms with Gasteiger partial charge in [-0.25, -0.2) is 0 Å². The number of fused-ring (bicyclic) bond motifs is 1. The lowest BCUT2D eigenvalue weighted by Gasteiger charge is -2.07. The minimum absolute atomic E-state index is 0.846. The molecule has 94 valence electrons. The van der Waals surface area contributed by atoms with Gasteiger partial charge in [-0.3, -0.25) is 4.68 Å². The van der Waals surface area contributed by atoms with Crippen LogP contribution >= 0.6 is 0 Å². The van der Waals surface area contributed by atoms with Crippen molar-refractivity contribution in [2.24, 2.45) is 7.05 Å². The lowest BCUT2D eigenvalue weighted by Crippen LogP contribution is -2.00. The van der Waals surface area contributed by atoms with Gasteiger partial charge in [0.25, 0.3) is 0 Å². The zero-order chi connectivity index (χ0) is 12.5. The van der Waals surface area contributed by atoms with Gasteiger partial charge in [0.2, 0.25) is 0 Å². The summed E-state index contributed by atoms with van der Waals surface area (Å²) < 4.78 is 1.87. The number of rotatable bonds is 3. The van der Waals surface area contributed by atoms with Crippen LogP contribution in [0.4, 0.5) is 5.69 Å². The molecule has 0 radical (unpaired) electrons. The Morgan fingerprint density at radius 2 is 2.11 bits per heavy atom. The third-order valence-electron chi connectivity index (χ3n) is 3.70. The first-order chi connectivity index (χ1) is 8.72. The van der Waals surface area contributed by atoms with Gasteiger partial charge in [-0.1, -0.05) is 6.07 Å². The molecule has 0 atom stereocenters. The summed E-state index contributed by atoms with van der Waals surface area (Å²) in [5.74, 6) is 0. The van der Waals surface area contributed by atoms with E-state index in [4.69, 9.17) is 0 Å². The highest BCUT2D eigenvalue weighted by Crippen LogP contribution is 2.25. The topological polar surface area (TPSA) is 29.9 Å². The van der Waals surface area contributed by atoms with Crippen molar-refractivity contribution in [3.63, 3.8) is 0 Å². The first kappa shape index (κ1) is 11.3. The normalized spacial score (nSPS) is 13.7. The van der Waals surface area contributed by atoms with Crippen molar-refractivity contribution in [3.05, 3.63) is 46.8 Å². The molecule has 0 fully saturated rings. The SMILES string of the molecule is Cc1nn(C)cc1CNc1ccc2c(c1)CCC2. The van der Waals surface area contributed by atoms with E-state index in [0.717, 1.165) is 12.2 Å². The smallest absolute Gasteiger partial charge is 0.0643 e. The van der Waals surface area contributed by atoms with Gasteiger partial charge in [0.1, 0.15) is 0 Å². The molecular formula is C15H19N3. The number of nitrogens with one attached hydrogen (secondary N) is 1. The maximum absolute atomic E-state index is 4.36. The van der Waals surface area contributed by atoms with Gasteiger partial charge < -0.3 is 5.32 Å². The minimum Gasteiger partial charge on any atom is -0.381 e. The third-order valence-corrected chi connectivity index (χ3v) is 3.70. The van der Waals surface area contributed by atoms with Crippen LogP contribution in [-0.2, 0) is 26.4 Å². The van der Waals surface area contributed by atoms with Crippen molar-refractivity contribution >= 4 is 5.69 Å². The number of aryl methyl sites for hydroxylation is 4. The Balaban J connectivity index is 1.72. The largest absolute Gasteiger partial charge is 0.381 e. The molecule has 0 saturated carbocycles. The van der Waals surface area contributed by atoms with Gasteiger partial charge in [0.05, 0.1) is 5.69 Å². The van der Waals surface area contributed by atoms with Crippen LogP contribution in [0.1, 0.15) is 28.8 Å². The standard InChI is InChI=1S/C15H19N3/c1-11-14(10-18(2)17-11)9-16-15-7-6-12-4-3-5-13(12)8-15/h6-8,10,16H,3-5,9H2,1-2H3. The van der Waals surface area contributed by atoms with E-state index < -0.39 is 0 Å². The van der Waals surface area contributed by atoms with E-state index in [1.54, 1.807) is 0 Å². The van der Waals surface area contributed by atoms with Crippen LogP contribution in [0, 0.1) is 6.92 Å². The quantitative estimate of drug-likeness (QED) is 0.895. The summed E-state index contributed by atoms with van der Waals surface area (Å²) in [6.07, 6.45) is 5.87. The third kappa shape index (κ3) is 2.13. The Morgan fingerprint density at radius 1 is 1.28 bits per heavy atom. The predicted molar refractivity (Wildman–Crippen MR) is 73.7 cm³/mol. The number of nitrogens with zero attached hydrogens (tertiary/aromatic N) is 2. The molecule has 18 heavy (non-hydrogen) atoms. The fraction of sp³-hybridized carbons (Fsp3) is 0.400. The van der Waals surface area contributed by atoms with Crippen molar-refractivity contribution in [2.75, 3.05) is 5.32 Å². The molecule has 0 spiro atoms. The first-order valence-electron chi connectivity index (χ1n) is 6.57. The fourth-order valence-corrected chi connectivity index (χ4v) is 2.70. The van der Waals surface area contributed by atoms with Crippen molar-refractivity contribution in [1.82, 2.24) is 9.78 Å². The van der Waals surface area contributed by atoms with Crippen LogP contribution in [0.3, 0.4) is 0 Å². The highest BCUT2D eigenvalue weighted by atomic mass is 15.2. The van der Waals surface area contributed by atoms with E-state index in [2.05, 4.69) is 41.7 Å². The molecule has 0 unspecified atom stereocenters. The molecular weight excluding hydrogens is 222 g/mol. The number of hydrogen-bond acceptors (Lipinski definition) is 2. The molecule has 3 heteroatoms. The van der Waals surface area contributed by atoms with Crippen LogP contribution in [0.15, 0.2) is 24.4 Å². The van der Waals surface area contributed by atoms with Crippen LogP contribution in [0.25, 0.3) is 0 Å². The van der Waals surface area contributed by atoms with E-state index in [0.29, 0.717) is 0 Å². The molecule has 1 heterocycles. The second-order valence-electron chi connectivity index (χ2n) is 5.10. The summed E-state index contributed by atoms with van der Waals surface area (Å²) in [6.45, 7) is 2.90. The molecule has 0 saturated heterocycles. The minimum atomic E-state index is 0.846. The van der Waals surface area contributed by atoms with E-state index in [1.807, 2.05) is 11.7 Å². The molecule has 3 nitrogen and oxygen atoms in total. The zero-order valence-corrected chi connectivity index (χ0v) is 11.0. The summed E-state index contributed by atoms with van der Waals surface area (Å²) in [5.41, 5.74) is 6.63.